The van der Waals surface area contributed by atoms with Gasteiger partial charge in [-0.2, -0.15) is 0 Å². The first-order valence-electron chi connectivity index (χ1n) is 7.05. The summed E-state index contributed by atoms with van der Waals surface area (Å²) < 4.78 is 12.7. The Morgan fingerprint density at radius 1 is 1.13 bits per heavy atom. The molecule has 0 saturated carbocycles. The molecule has 124 valence electrons. The van der Waals surface area contributed by atoms with Gasteiger partial charge < -0.3 is 20.2 Å². The lowest BCUT2D eigenvalue weighted by molar-refractivity contribution is -0.858. The monoisotopic (exact) mass is 321 g/mol. The highest BCUT2D eigenvalue weighted by molar-refractivity contribution is 5.92. The van der Waals surface area contributed by atoms with E-state index < -0.39 is 11.7 Å². The van der Waals surface area contributed by atoms with Crippen molar-refractivity contribution in [2.45, 2.75) is 0 Å². The molecule has 3 N–H and O–H groups in total. The molecule has 0 aliphatic rings. The second-order valence-electron chi connectivity index (χ2n) is 5.20. The maximum absolute atomic E-state index is 12.7. The SMILES string of the molecule is C[NH+](C)CCO.O=C(O)c1cc(-c2ccc(F)cc2)ccc1[O-]. The molecule has 0 bridgehead atoms. The van der Waals surface area contributed by atoms with Crippen molar-refractivity contribution in [1.29, 1.82) is 0 Å². The molecule has 2 rings (SSSR count). The fourth-order valence-electron chi connectivity index (χ4n) is 1.74. The van der Waals surface area contributed by atoms with Gasteiger partial charge in [0.05, 0.1) is 26.3 Å². The number of nitrogens with one attached hydrogen (secondary N) is 1. The number of quaternary nitrogens is 1. The Balaban J connectivity index is 0.000000379. The topological polar surface area (TPSA) is 85.0 Å². The quantitative estimate of drug-likeness (QED) is 0.760. The molecule has 0 spiro atoms. The van der Waals surface area contributed by atoms with Crippen LogP contribution in [0.1, 0.15) is 10.4 Å². The molecule has 0 aromatic heterocycles. The number of likely N-dealkylation sites (N-methyl/N-ethyl adjacent to an activating group) is 1. The molecule has 0 amide bonds. The van der Waals surface area contributed by atoms with E-state index in [-0.39, 0.29) is 11.4 Å². The van der Waals surface area contributed by atoms with Crippen molar-refractivity contribution in [2.24, 2.45) is 0 Å². The van der Waals surface area contributed by atoms with Gasteiger partial charge >= 0.3 is 5.97 Å². The van der Waals surface area contributed by atoms with Gasteiger partial charge in [-0.1, -0.05) is 30.0 Å². The second-order valence-corrected chi connectivity index (χ2v) is 5.20. The smallest absolute Gasteiger partial charge is 0.335 e. The number of aliphatic hydroxyl groups is 1. The second kappa shape index (κ2) is 8.87. The first kappa shape index (κ1) is 18.6. The molecule has 6 heteroatoms. The van der Waals surface area contributed by atoms with E-state index in [4.69, 9.17) is 10.2 Å². The minimum absolute atomic E-state index is 0.285. The summed E-state index contributed by atoms with van der Waals surface area (Å²) in [5, 5.41) is 28.3. The summed E-state index contributed by atoms with van der Waals surface area (Å²) >= 11 is 0. The molecule has 5 nitrogen and oxygen atoms in total. The summed E-state index contributed by atoms with van der Waals surface area (Å²) in [6, 6.07) is 9.62. The zero-order chi connectivity index (χ0) is 17.4. The number of hydrogen-bond acceptors (Lipinski definition) is 3. The molecular formula is C17H20FNO4. The Hall–Kier alpha value is -2.44. The molecule has 2 aromatic carbocycles. The van der Waals surface area contributed by atoms with Crippen LogP contribution in [0.5, 0.6) is 5.75 Å². The average Bonchev–Trinajstić information content (AvgIpc) is 2.49. The third-order valence-corrected chi connectivity index (χ3v) is 3.00. The predicted octanol–water partition coefficient (Wildman–Crippen LogP) is 0.388. The Labute approximate surface area is 134 Å². The number of carbonyl (C=O) groups is 1. The largest absolute Gasteiger partial charge is 0.872 e. The van der Waals surface area contributed by atoms with Crippen LogP contribution >= 0.6 is 0 Å². The lowest BCUT2D eigenvalue weighted by Gasteiger charge is -2.11. The number of carboxylic acid groups (broad SMARTS) is 1. The van der Waals surface area contributed by atoms with E-state index in [9.17, 15) is 14.3 Å². The van der Waals surface area contributed by atoms with Crippen LogP contribution in [0.3, 0.4) is 0 Å². The van der Waals surface area contributed by atoms with E-state index in [1.165, 1.54) is 47.4 Å². The maximum Gasteiger partial charge on any atom is 0.335 e. The molecule has 0 radical (unpaired) electrons. The number of carboxylic acids is 1. The molecule has 23 heavy (non-hydrogen) atoms. The van der Waals surface area contributed by atoms with Crippen molar-refractivity contribution >= 4 is 5.97 Å². The Morgan fingerprint density at radius 2 is 1.70 bits per heavy atom. The third kappa shape index (κ3) is 6.06. The highest BCUT2D eigenvalue weighted by atomic mass is 19.1. The van der Waals surface area contributed by atoms with E-state index in [0.717, 1.165) is 6.54 Å². The number of benzene rings is 2. The third-order valence-electron chi connectivity index (χ3n) is 3.00. The van der Waals surface area contributed by atoms with Gasteiger partial charge in [0.15, 0.2) is 0 Å². The summed E-state index contributed by atoms with van der Waals surface area (Å²) in [6.07, 6.45) is 0. The summed E-state index contributed by atoms with van der Waals surface area (Å²) in [6.45, 7) is 1.14. The minimum Gasteiger partial charge on any atom is -0.872 e. The number of rotatable bonds is 4. The van der Waals surface area contributed by atoms with Crippen molar-refractivity contribution in [3.63, 3.8) is 0 Å². The first-order valence-corrected chi connectivity index (χ1v) is 7.05. The lowest BCUT2D eigenvalue weighted by Crippen LogP contribution is -3.06. The summed E-state index contributed by atoms with van der Waals surface area (Å²) in [5.74, 6) is -2.17. The molecule has 0 aliphatic heterocycles. The molecule has 2 aromatic rings. The molecule has 0 heterocycles. The highest BCUT2D eigenvalue weighted by Gasteiger charge is 2.06. The van der Waals surface area contributed by atoms with Crippen LogP contribution in [0.4, 0.5) is 4.39 Å². The standard InChI is InChI=1S/C13H9FO3.C4H11NO/c14-10-4-1-8(2-5-10)9-3-6-12(15)11(7-9)13(16)17;1-5(2)3-4-6/h1-7,15H,(H,16,17);6H,3-4H2,1-2H3. The molecule has 0 atom stereocenters. The fourth-order valence-corrected chi connectivity index (χ4v) is 1.74. The van der Waals surface area contributed by atoms with Gasteiger partial charge in [-0.3, -0.25) is 0 Å². The van der Waals surface area contributed by atoms with Crippen LogP contribution in [-0.2, 0) is 0 Å². The van der Waals surface area contributed by atoms with E-state index in [0.29, 0.717) is 17.7 Å². The van der Waals surface area contributed by atoms with Crippen LogP contribution in [0.25, 0.3) is 11.1 Å². The number of hydrogen-bond donors (Lipinski definition) is 3. The Kier molecular flexibility index (Phi) is 7.18. The fraction of sp³-hybridized carbons (Fsp3) is 0.235. The predicted molar refractivity (Wildman–Crippen MR) is 83.0 cm³/mol. The minimum atomic E-state index is -1.26. The van der Waals surface area contributed by atoms with Crippen LogP contribution in [0.15, 0.2) is 42.5 Å². The van der Waals surface area contributed by atoms with Gasteiger partial charge in [-0.15, -0.1) is 0 Å². The van der Waals surface area contributed by atoms with Gasteiger partial charge in [0.1, 0.15) is 12.4 Å². The average molecular weight is 321 g/mol. The zero-order valence-electron chi connectivity index (χ0n) is 13.0. The van der Waals surface area contributed by atoms with Crippen molar-refractivity contribution in [3.8, 4) is 16.9 Å². The van der Waals surface area contributed by atoms with E-state index in [1.807, 2.05) is 14.1 Å². The van der Waals surface area contributed by atoms with Gasteiger partial charge in [-0.25, -0.2) is 9.18 Å². The van der Waals surface area contributed by atoms with Gasteiger partial charge in [-0.05, 0) is 29.3 Å². The van der Waals surface area contributed by atoms with E-state index >= 15 is 0 Å². The number of aliphatic hydroxyl groups excluding tert-OH is 1. The number of aromatic carboxylic acids is 1. The van der Waals surface area contributed by atoms with Gasteiger partial charge in [0.2, 0.25) is 0 Å². The summed E-state index contributed by atoms with van der Waals surface area (Å²) in [7, 11) is 4.02. The van der Waals surface area contributed by atoms with Gasteiger partial charge in [0.25, 0.3) is 0 Å². The molecular weight excluding hydrogens is 301 g/mol. The van der Waals surface area contributed by atoms with Crippen LogP contribution in [0, 0.1) is 5.82 Å². The molecule has 0 aliphatic carbocycles. The van der Waals surface area contributed by atoms with Crippen molar-refractivity contribution in [2.75, 3.05) is 27.2 Å². The first-order chi connectivity index (χ1) is 10.8. The number of halogens is 1. The summed E-state index contributed by atoms with van der Waals surface area (Å²) in [5.41, 5.74) is 0.947. The molecule has 0 fully saturated rings. The van der Waals surface area contributed by atoms with Crippen LogP contribution < -0.4 is 10.0 Å². The Bertz CT molecular complexity index is 642. The lowest BCUT2D eigenvalue weighted by atomic mass is 10.0. The van der Waals surface area contributed by atoms with Crippen molar-refractivity contribution in [3.05, 3.63) is 53.8 Å². The molecule has 0 saturated heterocycles. The van der Waals surface area contributed by atoms with Crippen LogP contribution in [0.2, 0.25) is 0 Å². The zero-order valence-corrected chi connectivity index (χ0v) is 13.0. The van der Waals surface area contributed by atoms with E-state index in [2.05, 4.69) is 0 Å². The maximum atomic E-state index is 12.7. The van der Waals surface area contributed by atoms with Crippen molar-refractivity contribution in [1.82, 2.24) is 0 Å². The van der Waals surface area contributed by atoms with Gasteiger partial charge in [0, 0.05) is 0 Å². The van der Waals surface area contributed by atoms with E-state index in [1.54, 1.807) is 0 Å². The van der Waals surface area contributed by atoms with Crippen molar-refractivity contribution < 1.29 is 29.4 Å². The highest BCUT2D eigenvalue weighted by Crippen LogP contribution is 2.24. The normalized spacial score (nSPS) is 10.1. The Morgan fingerprint density at radius 3 is 2.13 bits per heavy atom. The summed E-state index contributed by atoms with van der Waals surface area (Å²) in [4.78, 5) is 12.1. The van der Waals surface area contributed by atoms with Crippen LogP contribution in [-0.4, -0.2) is 43.4 Å². The molecule has 0 unspecified atom stereocenters.